The number of hydrogen-bond acceptors (Lipinski definition) is 1. The molecule has 0 bridgehead atoms. The van der Waals surface area contributed by atoms with Gasteiger partial charge in [-0.15, -0.1) is 0 Å². The van der Waals surface area contributed by atoms with Gasteiger partial charge in [0, 0.05) is 12.0 Å². The van der Waals surface area contributed by atoms with Crippen molar-refractivity contribution in [2.24, 2.45) is 0 Å². The molecule has 2 rings (SSSR count). The molecule has 1 nitrogen and oxygen atoms in total. The Labute approximate surface area is 114 Å². The van der Waals surface area contributed by atoms with Gasteiger partial charge in [0.2, 0.25) is 0 Å². The van der Waals surface area contributed by atoms with E-state index in [1.165, 1.54) is 12.1 Å². The Morgan fingerprint density at radius 1 is 1.16 bits per heavy atom. The molecular formula is C15H11ClF2O. The minimum Gasteiger partial charge on any atom is -0.294 e. The Morgan fingerprint density at radius 2 is 1.84 bits per heavy atom. The molecule has 98 valence electrons. The van der Waals surface area contributed by atoms with Gasteiger partial charge in [-0.05, 0) is 30.2 Å². The van der Waals surface area contributed by atoms with Gasteiger partial charge < -0.3 is 0 Å². The van der Waals surface area contributed by atoms with Crippen LogP contribution in [0.15, 0.2) is 36.4 Å². The maximum atomic E-state index is 13.5. The maximum Gasteiger partial charge on any atom is 0.168 e. The lowest BCUT2D eigenvalue weighted by molar-refractivity contribution is 0.0991. The van der Waals surface area contributed by atoms with Crippen molar-refractivity contribution >= 4 is 17.4 Å². The highest BCUT2D eigenvalue weighted by Crippen LogP contribution is 2.22. The number of carbonyl (C=O) groups excluding carboxylic acids is 1. The summed E-state index contributed by atoms with van der Waals surface area (Å²) in [6.45, 7) is 1.78. The number of aryl methyl sites for hydroxylation is 1. The van der Waals surface area contributed by atoms with Crippen molar-refractivity contribution in [2.75, 3.05) is 0 Å². The summed E-state index contributed by atoms with van der Waals surface area (Å²) in [7, 11) is 0. The van der Waals surface area contributed by atoms with Crippen molar-refractivity contribution in [3.05, 3.63) is 69.7 Å². The average molecular weight is 281 g/mol. The van der Waals surface area contributed by atoms with Crippen molar-refractivity contribution in [3.8, 4) is 0 Å². The van der Waals surface area contributed by atoms with Gasteiger partial charge in [-0.2, -0.15) is 0 Å². The minimum absolute atomic E-state index is 0.0302. The topological polar surface area (TPSA) is 17.1 Å². The number of ketones is 1. The maximum absolute atomic E-state index is 13.5. The SMILES string of the molecule is Cc1cccc(C(=O)Cc2cccc(F)c2F)c1Cl. The fourth-order valence-electron chi connectivity index (χ4n) is 1.82. The van der Waals surface area contributed by atoms with E-state index >= 15 is 0 Å². The number of rotatable bonds is 3. The van der Waals surface area contributed by atoms with Crippen LogP contribution in [-0.2, 0) is 6.42 Å². The lowest BCUT2D eigenvalue weighted by Crippen LogP contribution is -2.07. The first-order chi connectivity index (χ1) is 9.00. The largest absolute Gasteiger partial charge is 0.294 e. The summed E-state index contributed by atoms with van der Waals surface area (Å²) < 4.78 is 26.6. The Balaban J connectivity index is 2.31. The predicted octanol–water partition coefficient (Wildman–Crippen LogP) is 4.35. The molecule has 0 atom stereocenters. The standard InChI is InChI=1S/C15H11ClF2O/c1-9-4-2-6-11(14(9)16)13(19)8-10-5-3-7-12(17)15(10)18/h2-7H,8H2,1H3. The smallest absolute Gasteiger partial charge is 0.168 e. The van der Waals surface area contributed by atoms with Crippen LogP contribution in [0.25, 0.3) is 0 Å². The van der Waals surface area contributed by atoms with Crippen molar-refractivity contribution in [2.45, 2.75) is 13.3 Å². The van der Waals surface area contributed by atoms with Gasteiger partial charge in [0.05, 0.1) is 5.02 Å². The molecule has 2 aromatic carbocycles. The second-order valence-corrected chi connectivity index (χ2v) is 4.63. The molecule has 4 heteroatoms. The number of hydrogen-bond donors (Lipinski definition) is 0. The fourth-order valence-corrected chi connectivity index (χ4v) is 2.05. The van der Waals surface area contributed by atoms with Gasteiger partial charge in [0.25, 0.3) is 0 Å². The molecule has 0 aliphatic carbocycles. The Morgan fingerprint density at radius 3 is 2.58 bits per heavy atom. The van der Waals surface area contributed by atoms with Crippen LogP contribution in [0.5, 0.6) is 0 Å². The monoisotopic (exact) mass is 280 g/mol. The van der Waals surface area contributed by atoms with Crippen molar-refractivity contribution in [1.29, 1.82) is 0 Å². The Kier molecular flexibility index (Phi) is 3.96. The van der Waals surface area contributed by atoms with Crippen LogP contribution in [0.3, 0.4) is 0 Å². The zero-order chi connectivity index (χ0) is 14.0. The van der Waals surface area contributed by atoms with Gasteiger partial charge in [-0.3, -0.25) is 4.79 Å². The fraction of sp³-hybridized carbons (Fsp3) is 0.133. The highest BCUT2D eigenvalue weighted by Gasteiger charge is 2.16. The van der Waals surface area contributed by atoms with Crippen LogP contribution in [0, 0.1) is 18.6 Å². The molecule has 0 spiro atoms. The van der Waals surface area contributed by atoms with E-state index in [1.807, 2.05) is 0 Å². The first-order valence-electron chi connectivity index (χ1n) is 5.72. The second-order valence-electron chi connectivity index (χ2n) is 4.25. The van der Waals surface area contributed by atoms with Crippen molar-refractivity contribution in [1.82, 2.24) is 0 Å². The quantitative estimate of drug-likeness (QED) is 0.764. The zero-order valence-corrected chi connectivity index (χ0v) is 11.0. The van der Waals surface area contributed by atoms with E-state index in [-0.39, 0.29) is 17.8 Å². The summed E-state index contributed by atoms with van der Waals surface area (Å²) in [5.74, 6) is -2.28. The molecule has 0 N–H and O–H groups in total. The van der Waals surface area contributed by atoms with Gasteiger partial charge in [-0.1, -0.05) is 35.9 Å². The number of Topliss-reactive ketones (excluding diaryl/α,β-unsaturated/α-hetero) is 1. The molecule has 0 saturated carbocycles. The van der Waals surface area contributed by atoms with Crippen molar-refractivity contribution in [3.63, 3.8) is 0 Å². The first kappa shape index (κ1) is 13.7. The van der Waals surface area contributed by atoms with E-state index in [0.717, 1.165) is 11.6 Å². The lowest BCUT2D eigenvalue weighted by atomic mass is 10.0. The molecule has 0 aromatic heterocycles. The van der Waals surface area contributed by atoms with Crippen LogP contribution in [0.4, 0.5) is 8.78 Å². The number of halogens is 3. The molecule has 0 unspecified atom stereocenters. The zero-order valence-electron chi connectivity index (χ0n) is 10.2. The highest BCUT2D eigenvalue weighted by molar-refractivity contribution is 6.34. The average Bonchev–Trinajstić information content (AvgIpc) is 2.38. The summed E-state index contributed by atoms with van der Waals surface area (Å²) >= 11 is 6.04. The van der Waals surface area contributed by atoms with Gasteiger partial charge in [-0.25, -0.2) is 8.78 Å². The second kappa shape index (κ2) is 5.49. The summed E-state index contributed by atoms with van der Waals surface area (Å²) in [6.07, 6.45) is -0.216. The molecule has 19 heavy (non-hydrogen) atoms. The van der Waals surface area contributed by atoms with E-state index in [2.05, 4.69) is 0 Å². The first-order valence-corrected chi connectivity index (χ1v) is 6.09. The summed E-state index contributed by atoms with van der Waals surface area (Å²) in [4.78, 5) is 12.1. The van der Waals surface area contributed by atoms with E-state index in [1.54, 1.807) is 25.1 Å². The molecular weight excluding hydrogens is 270 g/mol. The molecule has 0 radical (unpaired) electrons. The van der Waals surface area contributed by atoms with Crippen LogP contribution in [0.2, 0.25) is 5.02 Å². The summed E-state index contributed by atoms with van der Waals surface area (Å²) in [5.41, 5.74) is 1.13. The molecule has 0 aliphatic rings. The minimum atomic E-state index is -0.986. The number of benzene rings is 2. The number of carbonyl (C=O) groups is 1. The molecule has 0 heterocycles. The summed E-state index contributed by atoms with van der Waals surface area (Å²) in [6, 6.07) is 8.84. The van der Waals surface area contributed by atoms with E-state index in [9.17, 15) is 13.6 Å². The third kappa shape index (κ3) is 2.82. The van der Waals surface area contributed by atoms with Crippen LogP contribution in [0.1, 0.15) is 21.5 Å². The third-order valence-electron chi connectivity index (χ3n) is 2.87. The van der Waals surface area contributed by atoms with Crippen molar-refractivity contribution < 1.29 is 13.6 Å². The molecule has 0 amide bonds. The van der Waals surface area contributed by atoms with Gasteiger partial charge in [0.1, 0.15) is 0 Å². The predicted molar refractivity (Wildman–Crippen MR) is 70.6 cm³/mol. The normalized spacial score (nSPS) is 10.5. The van der Waals surface area contributed by atoms with Crippen LogP contribution >= 0.6 is 11.6 Å². The van der Waals surface area contributed by atoms with Gasteiger partial charge >= 0.3 is 0 Å². The Hall–Kier alpha value is -1.74. The molecule has 2 aromatic rings. The lowest BCUT2D eigenvalue weighted by Gasteiger charge is -2.07. The van der Waals surface area contributed by atoms with E-state index in [0.29, 0.717) is 10.6 Å². The van der Waals surface area contributed by atoms with Gasteiger partial charge in [0.15, 0.2) is 17.4 Å². The Bertz CT molecular complexity index is 638. The molecule has 0 saturated heterocycles. The third-order valence-corrected chi connectivity index (χ3v) is 3.38. The van der Waals surface area contributed by atoms with E-state index in [4.69, 9.17) is 11.6 Å². The van der Waals surface area contributed by atoms with E-state index < -0.39 is 11.6 Å². The highest BCUT2D eigenvalue weighted by atomic mass is 35.5. The molecule has 0 aliphatic heterocycles. The summed E-state index contributed by atoms with van der Waals surface area (Å²) in [5, 5.41) is 0.351. The van der Waals surface area contributed by atoms with Crippen LogP contribution in [-0.4, -0.2) is 5.78 Å². The van der Waals surface area contributed by atoms with Crippen LogP contribution < -0.4 is 0 Å². The molecule has 0 fully saturated rings.